The first-order valence-electron chi connectivity index (χ1n) is 11.6. The molecule has 1 saturated heterocycles. The highest BCUT2D eigenvalue weighted by Crippen LogP contribution is 2.56. The lowest BCUT2D eigenvalue weighted by Gasteiger charge is -2.26. The monoisotopic (exact) mass is 464 g/mol. The van der Waals surface area contributed by atoms with Gasteiger partial charge in [-0.15, -0.1) is 0 Å². The largest absolute Gasteiger partial charge is 0.454 e. The van der Waals surface area contributed by atoms with Gasteiger partial charge < -0.3 is 10.1 Å². The second-order valence-electron chi connectivity index (χ2n) is 9.30. The van der Waals surface area contributed by atoms with Gasteiger partial charge in [-0.2, -0.15) is 0 Å². The van der Waals surface area contributed by atoms with Gasteiger partial charge in [-0.05, 0) is 60.9 Å². The number of benzene rings is 2. The van der Waals surface area contributed by atoms with E-state index >= 15 is 0 Å². The molecule has 1 N–H and O–H groups in total. The molecule has 1 heterocycles. The number of esters is 1. The number of ether oxygens (including phenoxy) is 1. The molecule has 3 aliphatic rings. The molecule has 176 valence electrons. The van der Waals surface area contributed by atoms with Gasteiger partial charge >= 0.3 is 5.97 Å². The van der Waals surface area contributed by atoms with Crippen LogP contribution in [0.2, 0.25) is 0 Å². The van der Waals surface area contributed by atoms with E-state index < -0.39 is 30.3 Å². The van der Waals surface area contributed by atoms with E-state index in [1.54, 1.807) is 0 Å². The summed E-state index contributed by atoms with van der Waals surface area (Å²) in [7, 11) is 0. The number of halogens is 1. The molecule has 5 atom stereocenters. The Hall–Kier alpha value is -3.55. The number of likely N-dealkylation sites (tertiary alicyclic amines) is 1. The number of hydrogen-bond donors (Lipinski definition) is 1. The number of anilines is 1. The van der Waals surface area contributed by atoms with Crippen LogP contribution < -0.4 is 5.32 Å². The van der Waals surface area contributed by atoms with E-state index in [1.807, 2.05) is 30.3 Å². The average molecular weight is 464 g/mol. The maximum absolute atomic E-state index is 13.3. The van der Waals surface area contributed by atoms with Gasteiger partial charge in [0.05, 0.1) is 11.8 Å². The van der Waals surface area contributed by atoms with Crippen LogP contribution in [-0.2, 0) is 30.3 Å². The van der Waals surface area contributed by atoms with Crippen molar-refractivity contribution >= 4 is 29.4 Å². The molecule has 34 heavy (non-hydrogen) atoms. The Bertz CT molecular complexity index is 1090. The minimum atomic E-state index is -1.13. The summed E-state index contributed by atoms with van der Waals surface area (Å²) in [6.45, 7) is -0.587. The highest BCUT2D eigenvalue weighted by Gasteiger charge is 2.62. The molecule has 2 saturated carbocycles. The van der Waals surface area contributed by atoms with Gasteiger partial charge in [-0.25, -0.2) is 9.18 Å². The van der Waals surface area contributed by atoms with Crippen LogP contribution in [0.3, 0.4) is 0 Å². The van der Waals surface area contributed by atoms with Crippen LogP contribution in [0.1, 0.15) is 24.8 Å². The Morgan fingerprint density at radius 1 is 0.971 bits per heavy atom. The van der Waals surface area contributed by atoms with Gasteiger partial charge in [0.15, 0.2) is 6.61 Å². The number of hydrogen-bond acceptors (Lipinski definition) is 5. The summed E-state index contributed by atoms with van der Waals surface area (Å²) >= 11 is 0. The highest BCUT2D eigenvalue weighted by atomic mass is 19.1. The van der Waals surface area contributed by atoms with E-state index in [0.29, 0.717) is 5.69 Å². The summed E-state index contributed by atoms with van der Waals surface area (Å²) in [5, 5.41) is 2.52. The molecule has 7 nitrogen and oxygen atoms in total. The van der Waals surface area contributed by atoms with Gasteiger partial charge in [0.1, 0.15) is 11.9 Å². The van der Waals surface area contributed by atoms with E-state index in [-0.39, 0.29) is 41.9 Å². The normalized spacial score (nSPS) is 25.9. The fraction of sp³-hybridized carbons (Fsp3) is 0.385. The number of carbonyl (C=O) groups is 4. The molecule has 2 aliphatic carbocycles. The third kappa shape index (κ3) is 4.08. The molecule has 0 radical (unpaired) electrons. The predicted octanol–water partition coefficient (Wildman–Crippen LogP) is 2.95. The highest BCUT2D eigenvalue weighted by molar-refractivity contribution is 6.08. The van der Waals surface area contributed by atoms with Crippen molar-refractivity contribution in [2.45, 2.75) is 31.7 Å². The number of fused-ring (bicyclic) bond motifs is 5. The molecule has 2 aromatic rings. The third-order valence-corrected chi connectivity index (χ3v) is 7.29. The zero-order valence-corrected chi connectivity index (χ0v) is 18.5. The number of rotatable bonds is 7. The molecule has 0 spiro atoms. The first-order chi connectivity index (χ1) is 16.4. The predicted molar refractivity (Wildman–Crippen MR) is 120 cm³/mol. The average Bonchev–Trinajstić information content (AvgIpc) is 3.52. The SMILES string of the molecule is O=C(COC(=O)[C@@H](Cc1ccccc1)N1C(=O)[C@@H]2[C@H]3CC[C@@H](C3)[C@@H]2C1=O)Nc1ccc(F)cc1. The van der Waals surface area contributed by atoms with Crippen LogP contribution in [0.25, 0.3) is 0 Å². The molecule has 1 aliphatic heterocycles. The summed E-state index contributed by atoms with van der Waals surface area (Å²) in [6, 6.07) is 13.2. The Balaban J connectivity index is 1.31. The van der Waals surface area contributed by atoms with Crippen molar-refractivity contribution in [1.29, 1.82) is 0 Å². The lowest BCUT2D eigenvalue weighted by molar-refractivity contribution is -0.160. The Kier molecular flexibility index (Phi) is 5.89. The van der Waals surface area contributed by atoms with E-state index in [4.69, 9.17) is 4.74 Å². The van der Waals surface area contributed by atoms with Crippen molar-refractivity contribution in [3.05, 3.63) is 66.0 Å². The van der Waals surface area contributed by atoms with Crippen molar-refractivity contribution in [2.75, 3.05) is 11.9 Å². The summed E-state index contributed by atoms with van der Waals surface area (Å²) in [6.07, 6.45) is 2.90. The molecule has 0 unspecified atom stereocenters. The summed E-state index contributed by atoms with van der Waals surface area (Å²) in [4.78, 5) is 53.1. The lowest BCUT2D eigenvalue weighted by atomic mass is 9.81. The molecule has 2 aromatic carbocycles. The number of amides is 3. The van der Waals surface area contributed by atoms with Crippen molar-refractivity contribution in [3.63, 3.8) is 0 Å². The number of carbonyl (C=O) groups excluding carboxylic acids is 4. The smallest absolute Gasteiger partial charge is 0.330 e. The van der Waals surface area contributed by atoms with E-state index in [0.717, 1.165) is 29.7 Å². The molecule has 3 fully saturated rings. The zero-order valence-electron chi connectivity index (χ0n) is 18.5. The third-order valence-electron chi connectivity index (χ3n) is 7.29. The van der Waals surface area contributed by atoms with E-state index in [1.165, 1.54) is 24.3 Å². The standard InChI is InChI=1S/C26H25FN2O5/c27-18-8-10-19(11-9-18)28-21(30)14-34-26(33)20(12-15-4-2-1-3-5-15)29-24(31)22-16-6-7-17(13-16)23(22)25(29)32/h1-5,8-11,16-17,20,22-23H,6-7,12-14H2,(H,28,30)/t16-,17-,20+,22-,23+/m0/s1. The Morgan fingerprint density at radius 2 is 1.59 bits per heavy atom. The van der Waals surface area contributed by atoms with Gasteiger partial charge in [0.25, 0.3) is 5.91 Å². The number of nitrogens with zero attached hydrogens (tertiary/aromatic N) is 1. The van der Waals surface area contributed by atoms with E-state index in [9.17, 15) is 23.6 Å². The van der Waals surface area contributed by atoms with Crippen LogP contribution in [0.4, 0.5) is 10.1 Å². The second kappa shape index (κ2) is 9.00. The lowest BCUT2D eigenvalue weighted by Crippen LogP contribution is -2.48. The fourth-order valence-corrected chi connectivity index (χ4v) is 5.82. The van der Waals surface area contributed by atoms with Gasteiger partial charge in [-0.1, -0.05) is 30.3 Å². The molecule has 3 amide bonds. The number of nitrogens with one attached hydrogen (secondary N) is 1. The molecule has 5 rings (SSSR count). The van der Waals surface area contributed by atoms with Crippen LogP contribution in [0, 0.1) is 29.5 Å². The molecule has 2 bridgehead atoms. The van der Waals surface area contributed by atoms with Crippen LogP contribution in [0.5, 0.6) is 0 Å². The summed E-state index contributed by atoms with van der Waals surface area (Å²) in [5.74, 6) is -2.73. The van der Waals surface area contributed by atoms with Gasteiger partial charge in [-0.3, -0.25) is 19.3 Å². The molecule has 8 heteroatoms. The zero-order chi connectivity index (χ0) is 23.8. The van der Waals surface area contributed by atoms with Crippen molar-refractivity contribution in [2.24, 2.45) is 23.7 Å². The molecular formula is C26H25FN2O5. The van der Waals surface area contributed by atoms with Crippen molar-refractivity contribution in [1.82, 2.24) is 4.90 Å². The summed E-state index contributed by atoms with van der Waals surface area (Å²) < 4.78 is 18.3. The van der Waals surface area contributed by atoms with Crippen LogP contribution >= 0.6 is 0 Å². The minimum Gasteiger partial charge on any atom is -0.454 e. The fourth-order valence-electron chi connectivity index (χ4n) is 5.82. The summed E-state index contributed by atoms with van der Waals surface area (Å²) in [5.41, 5.74) is 1.14. The molecule has 0 aromatic heterocycles. The minimum absolute atomic E-state index is 0.117. The topological polar surface area (TPSA) is 92.8 Å². The van der Waals surface area contributed by atoms with Crippen LogP contribution in [0.15, 0.2) is 54.6 Å². The van der Waals surface area contributed by atoms with Gasteiger partial charge in [0, 0.05) is 12.1 Å². The maximum atomic E-state index is 13.3. The maximum Gasteiger partial charge on any atom is 0.330 e. The molecular weight excluding hydrogens is 439 g/mol. The van der Waals surface area contributed by atoms with E-state index in [2.05, 4.69) is 5.32 Å². The Labute approximate surface area is 196 Å². The Morgan fingerprint density at radius 3 is 2.21 bits per heavy atom. The van der Waals surface area contributed by atoms with Crippen molar-refractivity contribution in [3.8, 4) is 0 Å². The van der Waals surface area contributed by atoms with Crippen LogP contribution in [-0.4, -0.2) is 41.2 Å². The quantitative estimate of drug-likeness (QED) is 0.503. The van der Waals surface area contributed by atoms with Crippen molar-refractivity contribution < 1.29 is 28.3 Å². The number of imide groups is 1. The van der Waals surface area contributed by atoms with Gasteiger partial charge in [0.2, 0.25) is 11.8 Å². The first kappa shape index (κ1) is 22.3. The second-order valence-corrected chi connectivity index (χ2v) is 9.30. The first-order valence-corrected chi connectivity index (χ1v) is 11.6.